The van der Waals surface area contributed by atoms with Gasteiger partial charge < -0.3 is 9.84 Å². The van der Waals surface area contributed by atoms with Crippen molar-refractivity contribution in [2.45, 2.75) is 46.6 Å². The molecule has 0 aliphatic rings. The monoisotopic (exact) mass is 261 g/mol. The molecule has 0 fully saturated rings. The average molecular weight is 261 g/mol. The van der Waals surface area contributed by atoms with E-state index in [1.165, 1.54) is 0 Å². The van der Waals surface area contributed by atoms with Crippen LogP contribution in [0, 0.1) is 11.8 Å². The topological polar surface area (TPSA) is 84.9 Å². The van der Waals surface area contributed by atoms with E-state index in [0.29, 0.717) is 6.42 Å². The van der Waals surface area contributed by atoms with Crippen LogP contribution in [0.1, 0.15) is 41.0 Å². The van der Waals surface area contributed by atoms with Crippen molar-refractivity contribution in [1.82, 2.24) is 5.48 Å². The standard InChI is InChI=1S/C12H23NO5/c1-8(2)6-9(10(14)15)7-17-13-11(16)18-12(3,4)5/h8-9H,6-7H2,1-5H3,(H,13,16)(H,14,15). The number of hydrogen-bond acceptors (Lipinski definition) is 4. The number of ether oxygens (including phenoxy) is 1. The maximum Gasteiger partial charge on any atom is 0.431 e. The van der Waals surface area contributed by atoms with Crippen molar-refractivity contribution in [1.29, 1.82) is 0 Å². The summed E-state index contributed by atoms with van der Waals surface area (Å²) in [4.78, 5) is 27.0. The van der Waals surface area contributed by atoms with E-state index in [9.17, 15) is 9.59 Å². The third-order valence-electron chi connectivity index (χ3n) is 1.94. The van der Waals surface area contributed by atoms with E-state index >= 15 is 0 Å². The van der Waals surface area contributed by atoms with Crippen LogP contribution in [-0.2, 0) is 14.4 Å². The van der Waals surface area contributed by atoms with Crippen LogP contribution in [0.4, 0.5) is 4.79 Å². The highest BCUT2D eigenvalue weighted by atomic mass is 16.7. The molecule has 106 valence electrons. The van der Waals surface area contributed by atoms with Gasteiger partial charge in [0.2, 0.25) is 0 Å². The fourth-order valence-electron chi connectivity index (χ4n) is 1.31. The smallest absolute Gasteiger partial charge is 0.431 e. The summed E-state index contributed by atoms with van der Waals surface area (Å²) >= 11 is 0. The van der Waals surface area contributed by atoms with E-state index in [0.717, 1.165) is 0 Å². The second-order valence-corrected chi connectivity index (χ2v) is 5.58. The molecule has 0 aromatic rings. The number of carboxylic acid groups (broad SMARTS) is 1. The lowest BCUT2D eigenvalue weighted by atomic mass is 9.98. The summed E-state index contributed by atoms with van der Waals surface area (Å²) in [5.41, 5.74) is 1.46. The third-order valence-corrected chi connectivity index (χ3v) is 1.94. The first-order valence-electron chi connectivity index (χ1n) is 5.95. The molecule has 0 saturated carbocycles. The van der Waals surface area contributed by atoms with E-state index < -0.39 is 23.6 Å². The minimum absolute atomic E-state index is 0.0766. The van der Waals surface area contributed by atoms with Gasteiger partial charge in [-0.25, -0.2) is 4.79 Å². The second kappa shape index (κ2) is 7.20. The van der Waals surface area contributed by atoms with Crippen molar-refractivity contribution in [3.05, 3.63) is 0 Å². The summed E-state index contributed by atoms with van der Waals surface area (Å²) in [6, 6.07) is 0. The highest BCUT2D eigenvalue weighted by Crippen LogP contribution is 2.12. The Morgan fingerprint density at radius 2 is 1.83 bits per heavy atom. The molecule has 0 aromatic heterocycles. The molecule has 0 saturated heterocycles. The molecule has 0 aliphatic carbocycles. The zero-order valence-corrected chi connectivity index (χ0v) is 11.6. The summed E-state index contributed by atoms with van der Waals surface area (Å²) in [6.45, 7) is 8.96. The Balaban J connectivity index is 4.00. The predicted molar refractivity (Wildman–Crippen MR) is 65.9 cm³/mol. The van der Waals surface area contributed by atoms with Crippen LogP contribution in [0.2, 0.25) is 0 Å². The maximum atomic E-state index is 11.2. The average Bonchev–Trinajstić information content (AvgIpc) is 2.12. The third kappa shape index (κ3) is 8.81. The first-order valence-corrected chi connectivity index (χ1v) is 5.95. The summed E-state index contributed by atoms with van der Waals surface area (Å²) in [7, 11) is 0. The van der Waals surface area contributed by atoms with Crippen LogP contribution in [-0.4, -0.2) is 29.4 Å². The zero-order valence-electron chi connectivity index (χ0n) is 11.6. The van der Waals surface area contributed by atoms with E-state index in [1.54, 1.807) is 20.8 Å². The molecule has 1 amide bonds. The van der Waals surface area contributed by atoms with Crippen molar-refractivity contribution >= 4 is 12.1 Å². The van der Waals surface area contributed by atoms with Gasteiger partial charge in [0.05, 0.1) is 12.5 Å². The van der Waals surface area contributed by atoms with Gasteiger partial charge in [-0.15, -0.1) is 0 Å². The van der Waals surface area contributed by atoms with Crippen LogP contribution in [0.25, 0.3) is 0 Å². The van der Waals surface area contributed by atoms with E-state index in [-0.39, 0.29) is 12.5 Å². The summed E-state index contributed by atoms with van der Waals surface area (Å²) in [6.07, 6.45) is -0.234. The van der Waals surface area contributed by atoms with Crippen molar-refractivity contribution < 1.29 is 24.3 Å². The number of rotatable bonds is 6. The van der Waals surface area contributed by atoms with Gasteiger partial charge in [0, 0.05) is 0 Å². The molecular formula is C12H23NO5. The molecule has 0 radical (unpaired) electrons. The molecule has 6 nitrogen and oxygen atoms in total. The van der Waals surface area contributed by atoms with Gasteiger partial charge in [0.15, 0.2) is 0 Å². The van der Waals surface area contributed by atoms with Gasteiger partial charge in [-0.1, -0.05) is 13.8 Å². The molecule has 0 rings (SSSR count). The quantitative estimate of drug-likeness (QED) is 0.716. The van der Waals surface area contributed by atoms with Crippen LogP contribution < -0.4 is 5.48 Å². The summed E-state index contributed by atoms with van der Waals surface area (Å²) in [5.74, 6) is -1.33. The number of nitrogens with one attached hydrogen (secondary N) is 1. The molecule has 2 N–H and O–H groups in total. The van der Waals surface area contributed by atoms with E-state index in [2.05, 4.69) is 5.48 Å². The molecule has 0 aliphatic heterocycles. The molecule has 0 aromatic carbocycles. The Morgan fingerprint density at radius 1 is 1.28 bits per heavy atom. The predicted octanol–water partition coefficient (Wildman–Crippen LogP) is 2.19. The van der Waals surface area contributed by atoms with Crippen molar-refractivity contribution in [2.24, 2.45) is 11.8 Å². The molecule has 0 heterocycles. The molecule has 1 unspecified atom stereocenters. The maximum absolute atomic E-state index is 11.2. The summed E-state index contributed by atoms with van der Waals surface area (Å²) < 4.78 is 4.94. The van der Waals surface area contributed by atoms with Crippen LogP contribution >= 0.6 is 0 Å². The highest BCUT2D eigenvalue weighted by molar-refractivity contribution is 5.70. The number of carbonyl (C=O) groups excluding carboxylic acids is 1. The minimum atomic E-state index is -0.935. The van der Waals surface area contributed by atoms with Gasteiger partial charge in [-0.05, 0) is 33.1 Å². The number of carboxylic acids is 1. The largest absolute Gasteiger partial charge is 0.481 e. The summed E-state index contributed by atoms with van der Waals surface area (Å²) in [5, 5.41) is 8.95. The van der Waals surface area contributed by atoms with Gasteiger partial charge in [-0.2, -0.15) is 5.48 Å². The van der Waals surface area contributed by atoms with Gasteiger partial charge in [0.1, 0.15) is 5.60 Å². The fraction of sp³-hybridized carbons (Fsp3) is 0.833. The molecule has 0 spiro atoms. The van der Waals surface area contributed by atoms with Gasteiger partial charge in [0.25, 0.3) is 0 Å². The lowest BCUT2D eigenvalue weighted by molar-refractivity contribution is -0.145. The van der Waals surface area contributed by atoms with Gasteiger partial charge in [-0.3, -0.25) is 9.63 Å². The van der Waals surface area contributed by atoms with Crippen LogP contribution in [0.3, 0.4) is 0 Å². The first-order chi connectivity index (χ1) is 8.11. The highest BCUT2D eigenvalue weighted by Gasteiger charge is 2.21. The van der Waals surface area contributed by atoms with Crippen molar-refractivity contribution in [3.63, 3.8) is 0 Å². The second-order valence-electron chi connectivity index (χ2n) is 5.58. The first kappa shape index (κ1) is 16.7. The zero-order chi connectivity index (χ0) is 14.3. The number of amides is 1. The molecule has 6 heteroatoms. The molecular weight excluding hydrogens is 238 g/mol. The minimum Gasteiger partial charge on any atom is -0.481 e. The van der Waals surface area contributed by atoms with Gasteiger partial charge >= 0.3 is 12.1 Å². The normalized spacial score (nSPS) is 13.2. The van der Waals surface area contributed by atoms with E-state index in [1.807, 2.05) is 13.8 Å². The van der Waals surface area contributed by atoms with Crippen LogP contribution in [0.5, 0.6) is 0 Å². The van der Waals surface area contributed by atoms with Crippen molar-refractivity contribution in [3.8, 4) is 0 Å². The Kier molecular flexibility index (Phi) is 6.68. The molecule has 18 heavy (non-hydrogen) atoms. The Morgan fingerprint density at radius 3 is 2.22 bits per heavy atom. The Bertz CT molecular complexity index is 283. The number of hydroxylamine groups is 1. The SMILES string of the molecule is CC(C)CC(CONC(=O)OC(C)(C)C)C(=O)O. The lowest BCUT2D eigenvalue weighted by Crippen LogP contribution is -2.34. The molecule has 0 bridgehead atoms. The fourth-order valence-corrected chi connectivity index (χ4v) is 1.31. The lowest BCUT2D eigenvalue weighted by Gasteiger charge is -2.20. The Hall–Kier alpha value is -1.30. The van der Waals surface area contributed by atoms with Crippen molar-refractivity contribution in [2.75, 3.05) is 6.61 Å². The number of aliphatic carboxylic acids is 1. The van der Waals surface area contributed by atoms with E-state index in [4.69, 9.17) is 14.7 Å². The number of carbonyl (C=O) groups is 2. The van der Waals surface area contributed by atoms with Crippen LogP contribution in [0.15, 0.2) is 0 Å². The number of hydrogen-bond donors (Lipinski definition) is 2. The Labute approximate surface area is 108 Å². The molecule has 1 atom stereocenters.